The van der Waals surface area contributed by atoms with E-state index < -0.39 is 5.97 Å². The average molecular weight is 152 g/mol. The molecule has 3 nitrogen and oxygen atoms in total. The second kappa shape index (κ2) is 5.89. The van der Waals surface area contributed by atoms with Crippen molar-refractivity contribution in [3.8, 4) is 0 Å². The number of rotatable bonds is 4. The molecule has 0 radical (unpaired) electrons. The van der Waals surface area contributed by atoms with Crippen LogP contribution in [0.3, 0.4) is 0 Å². The Morgan fingerprint density at radius 2 is 2.10 bits per heavy atom. The summed E-state index contributed by atoms with van der Waals surface area (Å²) in [4.78, 5) is 20.9. The van der Waals surface area contributed by atoms with Gasteiger partial charge in [0.05, 0.1) is 0 Å². The van der Waals surface area contributed by atoms with Crippen molar-refractivity contribution >= 4 is 39.7 Å². The molecule has 0 saturated heterocycles. The van der Waals surface area contributed by atoms with Crippen LogP contribution in [-0.4, -0.2) is 46.3 Å². The fraction of sp³-hybridized carbons (Fsp3) is 0.667. The van der Waals surface area contributed by atoms with E-state index in [1.807, 2.05) is 0 Å². The van der Waals surface area contributed by atoms with E-state index in [0.29, 0.717) is 6.61 Å². The van der Waals surface area contributed by atoms with Gasteiger partial charge in [0.15, 0.2) is 0 Å². The van der Waals surface area contributed by atoms with Crippen LogP contribution < -0.4 is 0 Å². The number of carbonyl (C=O) groups is 2. The normalized spacial score (nSPS) is 9.10. The van der Waals surface area contributed by atoms with E-state index in [4.69, 9.17) is 0 Å². The molecule has 0 amide bonds. The molecule has 0 unspecified atom stereocenters. The monoisotopic (exact) mass is 152 g/mol. The molecule has 0 aliphatic carbocycles. The standard InChI is InChI=1S/C6H9O3.Na/c1-3-9-6(8)4-5(2)7;/h1,3-4H2,2H3;. The summed E-state index contributed by atoms with van der Waals surface area (Å²) in [6, 6.07) is 0. The topological polar surface area (TPSA) is 43.4 Å². The second-order valence-corrected chi connectivity index (χ2v) is 3.10. The molecule has 0 spiro atoms. The summed E-state index contributed by atoms with van der Waals surface area (Å²) < 4.78 is 5.61. The summed E-state index contributed by atoms with van der Waals surface area (Å²) in [6.07, 6.45) is -0.0818. The van der Waals surface area contributed by atoms with E-state index >= 15 is 0 Å². The zero-order valence-electron chi connectivity index (χ0n) is 6.35. The Bertz CT molecular complexity index is 133. The Hall–Kier alpha value is 0.140. The van der Waals surface area contributed by atoms with E-state index in [0.717, 1.165) is 31.6 Å². The van der Waals surface area contributed by atoms with Gasteiger partial charge in [-0.3, -0.25) is 0 Å². The molecule has 0 saturated carbocycles. The Balaban J connectivity index is 3.35. The van der Waals surface area contributed by atoms with Gasteiger partial charge in [-0.2, -0.15) is 0 Å². The van der Waals surface area contributed by atoms with Gasteiger partial charge in [-0.05, 0) is 0 Å². The summed E-state index contributed by atoms with van der Waals surface area (Å²) in [5.74, 6) is -0.540. The molecule has 0 fully saturated rings. The van der Waals surface area contributed by atoms with Gasteiger partial charge in [-0.15, -0.1) is 0 Å². The van der Waals surface area contributed by atoms with E-state index in [1.54, 1.807) is 0 Å². The van der Waals surface area contributed by atoms with Crippen LogP contribution >= 0.6 is 0 Å². The molecule has 52 valence electrons. The van der Waals surface area contributed by atoms with Crippen LogP contribution in [0.25, 0.3) is 0 Å². The summed E-state index contributed by atoms with van der Waals surface area (Å²) >= 11 is 1.03. The van der Waals surface area contributed by atoms with Crippen molar-refractivity contribution in [1.29, 1.82) is 0 Å². The Morgan fingerprint density at radius 1 is 1.50 bits per heavy atom. The number of esters is 1. The summed E-state index contributed by atoms with van der Waals surface area (Å²) in [7, 11) is 0. The van der Waals surface area contributed by atoms with Gasteiger partial charge in [0.25, 0.3) is 0 Å². The first kappa shape index (κ1) is 10.1. The Kier molecular flexibility index (Phi) is 5.97. The zero-order chi connectivity index (χ0) is 7.98. The Morgan fingerprint density at radius 3 is 2.50 bits per heavy atom. The predicted octanol–water partition coefficient (Wildman–Crippen LogP) is 0.0955. The molecule has 0 heterocycles. The van der Waals surface area contributed by atoms with E-state index in [-0.39, 0.29) is 12.2 Å². The SMILES string of the molecule is CC(=O)CC(=O)OC[CH2][Na]. The van der Waals surface area contributed by atoms with Gasteiger partial charge < -0.3 is 0 Å². The second-order valence-electron chi connectivity index (χ2n) is 2.10. The third-order valence-corrected chi connectivity index (χ3v) is 1.27. The molecular weight excluding hydrogens is 143 g/mol. The van der Waals surface area contributed by atoms with Gasteiger partial charge in [-0.25, -0.2) is 0 Å². The van der Waals surface area contributed by atoms with Crippen LogP contribution in [0.2, 0.25) is 3.67 Å². The third-order valence-electron chi connectivity index (χ3n) is 0.860. The average Bonchev–Trinajstić information content (AvgIpc) is 1.82. The molecule has 0 aliphatic heterocycles. The van der Waals surface area contributed by atoms with Crippen molar-refractivity contribution in [2.75, 3.05) is 6.61 Å². The summed E-state index contributed by atoms with van der Waals surface area (Å²) in [5.41, 5.74) is 0. The number of hydrogen-bond donors (Lipinski definition) is 0. The number of ketones is 1. The van der Waals surface area contributed by atoms with Crippen LogP contribution in [0, 0.1) is 0 Å². The van der Waals surface area contributed by atoms with Crippen molar-refractivity contribution in [2.45, 2.75) is 17.0 Å². The molecule has 0 rings (SSSR count). The van der Waals surface area contributed by atoms with Crippen LogP contribution in [0.15, 0.2) is 0 Å². The molecule has 0 atom stereocenters. The first-order valence-electron chi connectivity index (χ1n) is 3.32. The van der Waals surface area contributed by atoms with Gasteiger partial charge in [0.2, 0.25) is 0 Å². The molecule has 0 N–H and O–H groups in total. The summed E-state index contributed by atoms with van der Waals surface area (Å²) in [5, 5.41) is 0. The van der Waals surface area contributed by atoms with Gasteiger partial charge >= 0.3 is 77.6 Å². The van der Waals surface area contributed by atoms with Gasteiger partial charge in [0, 0.05) is 0 Å². The van der Waals surface area contributed by atoms with Crippen molar-refractivity contribution < 1.29 is 14.3 Å². The number of carbonyl (C=O) groups excluding carboxylic acids is 2. The van der Waals surface area contributed by atoms with E-state index in [9.17, 15) is 9.59 Å². The van der Waals surface area contributed by atoms with Crippen molar-refractivity contribution in [3.63, 3.8) is 0 Å². The maximum absolute atomic E-state index is 10.6. The van der Waals surface area contributed by atoms with Crippen molar-refractivity contribution in [1.82, 2.24) is 0 Å². The van der Waals surface area contributed by atoms with E-state index in [2.05, 4.69) is 4.74 Å². The first-order chi connectivity index (χ1) is 4.66. The third kappa shape index (κ3) is 6.26. The number of hydrogen-bond acceptors (Lipinski definition) is 3. The summed E-state index contributed by atoms with van der Waals surface area (Å²) in [6.45, 7) is 1.85. The minimum absolute atomic E-state index is 0.0818. The zero-order valence-corrected chi connectivity index (χ0v) is 8.35. The Labute approximate surface area is 77.5 Å². The van der Waals surface area contributed by atoms with Crippen LogP contribution in [0.4, 0.5) is 0 Å². The first-order valence-corrected chi connectivity index (χ1v) is 4.73. The van der Waals surface area contributed by atoms with Gasteiger partial charge in [0.1, 0.15) is 0 Å². The molecular formula is C6H9NaO3. The van der Waals surface area contributed by atoms with Crippen molar-refractivity contribution in [2.24, 2.45) is 0 Å². The van der Waals surface area contributed by atoms with E-state index in [1.165, 1.54) is 6.92 Å². The maximum atomic E-state index is 10.6. The fourth-order valence-corrected chi connectivity index (χ4v) is 0.674. The molecule has 0 aromatic carbocycles. The molecule has 0 aromatic heterocycles. The molecule has 0 aliphatic rings. The quantitative estimate of drug-likeness (QED) is 0.326. The van der Waals surface area contributed by atoms with Crippen LogP contribution in [0.1, 0.15) is 13.3 Å². The predicted molar refractivity (Wildman–Crippen MR) is 36.8 cm³/mol. The molecule has 0 bridgehead atoms. The molecule has 4 heteroatoms. The van der Waals surface area contributed by atoms with Gasteiger partial charge in [-0.1, -0.05) is 0 Å². The molecule has 10 heavy (non-hydrogen) atoms. The molecule has 0 aromatic rings. The number of ether oxygens (including phenoxy) is 1. The minimum atomic E-state index is -0.400. The van der Waals surface area contributed by atoms with Crippen LogP contribution in [-0.2, 0) is 14.3 Å². The fourth-order valence-electron chi connectivity index (χ4n) is 0.470. The van der Waals surface area contributed by atoms with Crippen molar-refractivity contribution in [3.05, 3.63) is 0 Å². The number of Topliss-reactive ketones (excluding diaryl/α,β-unsaturated/α-hetero) is 1. The van der Waals surface area contributed by atoms with Crippen LogP contribution in [0.5, 0.6) is 0 Å².